The van der Waals surface area contributed by atoms with Crippen LogP contribution in [0, 0.1) is 28.1 Å². The molecule has 4 saturated heterocycles. The highest BCUT2D eigenvalue weighted by molar-refractivity contribution is 5.94. The summed E-state index contributed by atoms with van der Waals surface area (Å²) >= 11 is 0. The first kappa shape index (κ1) is 19.9. The van der Waals surface area contributed by atoms with Crippen molar-refractivity contribution in [3.8, 4) is 0 Å². The van der Waals surface area contributed by atoms with Gasteiger partial charge in [0.05, 0.1) is 22.9 Å². The zero-order valence-corrected chi connectivity index (χ0v) is 17.3. The summed E-state index contributed by atoms with van der Waals surface area (Å²) in [6, 6.07) is 0. The molecular formula is C20H24O11. The number of carbonyl (C=O) groups excluding carboxylic acids is 3. The van der Waals surface area contributed by atoms with Crippen LogP contribution in [0.15, 0.2) is 0 Å². The maximum Gasteiger partial charge on any atom is 0.343 e. The van der Waals surface area contributed by atoms with Crippen LogP contribution >= 0.6 is 0 Å². The Morgan fingerprint density at radius 2 is 1.58 bits per heavy atom. The maximum absolute atomic E-state index is 13.4. The second-order valence-corrected chi connectivity index (χ2v) is 10.8. The molecule has 11 nitrogen and oxygen atoms in total. The van der Waals surface area contributed by atoms with E-state index in [0.29, 0.717) is 0 Å². The van der Waals surface area contributed by atoms with Gasteiger partial charge in [0.1, 0.15) is 12.2 Å². The molecule has 4 unspecified atom stereocenters. The van der Waals surface area contributed by atoms with Crippen LogP contribution in [0.25, 0.3) is 0 Å². The number of aliphatic hydroxyl groups excluding tert-OH is 3. The van der Waals surface area contributed by atoms with E-state index in [9.17, 15) is 34.8 Å². The summed E-state index contributed by atoms with van der Waals surface area (Å²) in [7, 11) is 0. The van der Waals surface area contributed by atoms with E-state index in [-0.39, 0.29) is 0 Å². The molecular weight excluding hydrogens is 416 g/mol. The quantitative estimate of drug-likeness (QED) is 0.234. The summed E-state index contributed by atoms with van der Waals surface area (Å²) in [6.07, 6.45) is -9.69. The topological polar surface area (TPSA) is 169 Å². The third-order valence-electron chi connectivity index (χ3n) is 8.95. The monoisotopic (exact) mass is 440 g/mol. The lowest BCUT2D eigenvalue weighted by Gasteiger charge is -2.47. The summed E-state index contributed by atoms with van der Waals surface area (Å²) in [5.41, 5.74) is -9.40. The fourth-order valence-electron chi connectivity index (χ4n) is 8.27. The van der Waals surface area contributed by atoms with Crippen LogP contribution in [0.2, 0.25) is 0 Å². The van der Waals surface area contributed by atoms with Crippen molar-refractivity contribution in [2.24, 2.45) is 28.1 Å². The molecule has 6 aliphatic rings. The van der Waals surface area contributed by atoms with Gasteiger partial charge in [0.2, 0.25) is 11.9 Å². The van der Waals surface area contributed by atoms with Crippen molar-refractivity contribution < 1.29 is 53.8 Å². The number of ether oxygens (including phenoxy) is 4. The van der Waals surface area contributed by atoms with Gasteiger partial charge in [0.15, 0.2) is 17.8 Å². The Morgan fingerprint density at radius 3 is 2.19 bits per heavy atom. The third kappa shape index (κ3) is 1.43. The molecule has 4 heterocycles. The van der Waals surface area contributed by atoms with Crippen molar-refractivity contribution in [2.45, 2.75) is 75.7 Å². The molecule has 11 heteroatoms. The smallest absolute Gasteiger partial charge is 0.343 e. The molecule has 0 aromatic rings. The van der Waals surface area contributed by atoms with E-state index in [2.05, 4.69) is 0 Å². The molecule has 0 aromatic carbocycles. The molecule has 170 valence electrons. The largest absolute Gasteiger partial charge is 0.456 e. The minimum absolute atomic E-state index is 0.792. The molecule has 0 bridgehead atoms. The molecule has 0 radical (unpaired) electrons. The highest BCUT2D eigenvalue weighted by Gasteiger charge is 3.05. The standard InChI is InChI=1S/C20H24O11/c1-5-12(24)28-11-8(22)18-10-6(21)7(16(2,3)4)17(18)9(23)13(25)30-15(17)31-20(18,14(26)29-10)19(5,11)27/h5-11,15,21-23,27H,1-4H3/t5-,6?,7?,8?,9+,10-,11+,15+,17?,18-,19-,20-/m1/s1. The van der Waals surface area contributed by atoms with Gasteiger partial charge in [0.25, 0.3) is 0 Å². The Kier molecular flexibility index (Phi) is 3.15. The van der Waals surface area contributed by atoms with Crippen LogP contribution in [-0.2, 0) is 33.3 Å². The van der Waals surface area contributed by atoms with Crippen molar-refractivity contribution in [1.29, 1.82) is 0 Å². The molecule has 12 atom stereocenters. The second-order valence-electron chi connectivity index (χ2n) is 10.8. The van der Waals surface area contributed by atoms with Gasteiger partial charge in [-0.05, 0) is 12.3 Å². The number of hydrogen-bond donors (Lipinski definition) is 4. The van der Waals surface area contributed by atoms with Crippen LogP contribution in [-0.4, -0.2) is 86.3 Å². The molecule has 6 rings (SSSR count). The summed E-state index contributed by atoms with van der Waals surface area (Å²) in [6.45, 7) is 6.63. The Morgan fingerprint density at radius 1 is 0.935 bits per heavy atom. The zero-order chi connectivity index (χ0) is 22.7. The number of rotatable bonds is 0. The first-order valence-corrected chi connectivity index (χ1v) is 10.3. The van der Waals surface area contributed by atoms with E-state index in [0.717, 1.165) is 0 Å². The minimum atomic E-state index is -2.40. The molecule has 2 saturated carbocycles. The van der Waals surface area contributed by atoms with Crippen LogP contribution in [0.1, 0.15) is 27.7 Å². The number of aliphatic hydroxyl groups is 4. The summed E-state index contributed by atoms with van der Waals surface area (Å²) in [4.78, 5) is 38.3. The van der Waals surface area contributed by atoms with Crippen molar-refractivity contribution >= 4 is 17.9 Å². The van der Waals surface area contributed by atoms with E-state index in [1.165, 1.54) is 6.92 Å². The molecule has 6 fully saturated rings. The number of esters is 3. The third-order valence-corrected chi connectivity index (χ3v) is 8.95. The molecule has 4 N–H and O–H groups in total. The first-order valence-electron chi connectivity index (χ1n) is 10.3. The lowest BCUT2D eigenvalue weighted by molar-refractivity contribution is -0.240. The van der Waals surface area contributed by atoms with Crippen LogP contribution < -0.4 is 0 Å². The van der Waals surface area contributed by atoms with Gasteiger partial charge in [-0.15, -0.1) is 0 Å². The predicted octanol–water partition coefficient (Wildman–Crippen LogP) is -2.40. The summed E-state index contributed by atoms with van der Waals surface area (Å²) < 4.78 is 22.2. The molecule has 2 aliphatic carbocycles. The highest BCUT2D eigenvalue weighted by atomic mass is 16.8. The van der Waals surface area contributed by atoms with Gasteiger partial charge in [-0.3, -0.25) is 4.79 Å². The van der Waals surface area contributed by atoms with Crippen molar-refractivity contribution in [3.63, 3.8) is 0 Å². The average molecular weight is 440 g/mol. The second kappa shape index (κ2) is 4.91. The maximum atomic E-state index is 13.4. The Labute approximate surface area is 176 Å². The van der Waals surface area contributed by atoms with Crippen molar-refractivity contribution in [2.75, 3.05) is 0 Å². The molecule has 0 amide bonds. The van der Waals surface area contributed by atoms with E-state index < -0.39 is 94.0 Å². The highest BCUT2D eigenvalue weighted by Crippen LogP contribution is 2.84. The SMILES string of the molecule is C[C@@H]1C(=O)O[C@H]2C(O)[C@]34[C@@H]5OC(=O)[C@]3(O[C@@H]3OC(=O)[C@H](O)C34C(C(C)(C)C)C5O)[C@@]12O. The Balaban J connectivity index is 1.75. The van der Waals surface area contributed by atoms with Crippen LogP contribution in [0.4, 0.5) is 0 Å². The van der Waals surface area contributed by atoms with Gasteiger partial charge in [0, 0.05) is 5.92 Å². The van der Waals surface area contributed by atoms with E-state index in [1.807, 2.05) is 0 Å². The average Bonchev–Trinajstić information content (AvgIpc) is 3.35. The lowest BCUT2D eigenvalue weighted by atomic mass is 9.51. The fraction of sp³-hybridized carbons (Fsp3) is 0.850. The zero-order valence-electron chi connectivity index (χ0n) is 17.3. The van der Waals surface area contributed by atoms with Crippen LogP contribution in [0.5, 0.6) is 0 Å². The number of fused-ring (bicyclic) bond motifs is 1. The van der Waals surface area contributed by atoms with E-state index in [1.54, 1.807) is 20.8 Å². The van der Waals surface area contributed by atoms with E-state index >= 15 is 0 Å². The van der Waals surface area contributed by atoms with Gasteiger partial charge in [-0.2, -0.15) is 0 Å². The van der Waals surface area contributed by atoms with Gasteiger partial charge >= 0.3 is 17.9 Å². The molecule has 2 spiro atoms. The Hall–Kier alpha value is -1.79. The predicted molar refractivity (Wildman–Crippen MR) is 93.4 cm³/mol. The normalized spacial score (nSPS) is 61.0. The fourth-order valence-corrected chi connectivity index (χ4v) is 8.27. The van der Waals surface area contributed by atoms with Crippen molar-refractivity contribution in [3.05, 3.63) is 0 Å². The number of hydrogen-bond acceptors (Lipinski definition) is 11. The molecule has 4 aliphatic heterocycles. The molecule has 31 heavy (non-hydrogen) atoms. The molecule has 0 aromatic heterocycles. The van der Waals surface area contributed by atoms with E-state index in [4.69, 9.17) is 18.9 Å². The summed E-state index contributed by atoms with van der Waals surface area (Å²) in [5.74, 6) is -5.22. The Bertz CT molecular complexity index is 957. The van der Waals surface area contributed by atoms with Gasteiger partial charge in [-0.25, -0.2) is 9.59 Å². The minimum Gasteiger partial charge on any atom is -0.456 e. The first-order chi connectivity index (χ1) is 14.3. The lowest BCUT2D eigenvalue weighted by Crippen LogP contribution is -2.67. The number of carbonyl (C=O) groups is 3. The van der Waals surface area contributed by atoms with Gasteiger partial charge in [-0.1, -0.05) is 20.8 Å². The van der Waals surface area contributed by atoms with Crippen LogP contribution in [0.3, 0.4) is 0 Å². The summed E-state index contributed by atoms with van der Waals surface area (Å²) in [5, 5.41) is 46.1. The van der Waals surface area contributed by atoms with Gasteiger partial charge < -0.3 is 39.4 Å². The van der Waals surface area contributed by atoms with Crippen molar-refractivity contribution in [1.82, 2.24) is 0 Å².